The predicted octanol–water partition coefficient (Wildman–Crippen LogP) is 4.84. The van der Waals surface area contributed by atoms with Gasteiger partial charge in [-0.15, -0.1) is 13.2 Å². The highest BCUT2D eigenvalue weighted by atomic mass is 19.4. The van der Waals surface area contributed by atoms with Crippen LogP contribution in [-0.2, 0) is 4.79 Å². The zero-order chi connectivity index (χ0) is 25.9. The van der Waals surface area contributed by atoms with E-state index in [1.807, 2.05) is 13.8 Å². The number of carbonyl (C=O) groups excluding carboxylic acids is 2. The van der Waals surface area contributed by atoms with E-state index >= 15 is 0 Å². The summed E-state index contributed by atoms with van der Waals surface area (Å²) in [4.78, 5) is 28.3. The maximum atomic E-state index is 13.8. The lowest BCUT2D eigenvalue weighted by Gasteiger charge is -2.44. The summed E-state index contributed by atoms with van der Waals surface area (Å²) in [7, 11) is 0. The van der Waals surface area contributed by atoms with Gasteiger partial charge in [-0.05, 0) is 29.7 Å². The number of benzene rings is 2. The molecule has 0 aromatic heterocycles. The first-order valence-electron chi connectivity index (χ1n) is 10.7. The summed E-state index contributed by atoms with van der Waals surface area (Å²) in [5, 5.41) is 18.1. The lowest BCUT2D eigenvalue weighted by atomic mass is 9.76. The van der Waals surface area contributed by atoms with Crippen molar-refractivity contribution in [3.05, 3.63) is 59.4 Å². The number of amides is 2. The Balaban J connectivity index is 2.07. The monoisotopic (exact) mass is 492 g/mol. The van der Waals surface area contributed by atoms with Gasteiger partial charge in [-0.25, -0.2) is 4.39 Å². The SMILES string of the molecule is CC(C)CN1C(=O)c2ccccc2[C@H](C(=O)Nc2ccc(F)c(OC(F)(F)F)c2)[C@H]1C(C=N)C=N. The molecule has 2 aromatic carbocycles. The number of hydrogen-bond acceptors (Lipinski definition) is 5. The zero-order valence-electron chi connectivity index (χ0n) is 18.9. The molecule has 2 aromatic rings. The molecule has 0 bridgehead atoms. The van der Waals surface area contributed by atoms with E-state index in [4.69, 9.17) is 10.8 Å². The van der Waals surface area contributed by atoms with Crippen molar-refractivity contribution < 1.29 is 31.9 Å². The van der Waals surface area contributed by atoms with Crippen molar-refractivity contribution in [2.75, 3.05) is 11.9 Å². The van der Waals surface area contributed by atoms with Crippen LogP contribution in [0.5, 0.6) is 5.75 Å². The molecular weight excluding hydrogens is 468 g/mol. The van der Waals surface area contributed by atoms with E-state index in [1.54, 1.807) is 24.3 Å². The third-order valence-corrected chi connectivity index (χ3v) is 5.54. The second kappa shape index (κ2) is 10.2. The Morgan fingerprint density at radius 1 is 1.17 bits per heavy atom. The quantitative estimate of drug-likeness (QED) is 0.363. The van der Waals surface area contributed by atoms with Crippen LogP contribution >= 0.6 is 0 Å². The van der Waals surface area contributed by atoms with Crippen molar-refractivity contribution in [2.45, 2.75) is 32.2 Å². The molecule has 1 aliphatic rings. The van der Waals surface area contributed by atoms with Crippen molar-refractivity contribution in [3.63, 3.8) is 0 Å². The Morgan fingerprint density at radius 3 is 2.43 bits per heavy atom. The van der Waals surface area contributed by atoms with Gasteiger partial charge in [0.05, 0.1) is 12.0 Å². The Bertz CT molecular complexity index is 1130. The van der Waals surface area contributed by atoms with Crippen molar-refractivity contribution in [1.29, 1.82) is 10.8 Å². The fourth-order valence-electron chi connectivity index (χ4n) is 4.19. The molecule has 3 N–H and O–H groups in total. The second-order valence-electron chi connectivity index (χ2n) is 8.50. The fraction of sp³-hybridized carbons (Fsp3) is 0.333. The molecule has 0 spiro atoms. The topological polar surface area (TPSA) is 106 Å². The minimum Gasteiger partial charge on any atom is -0.403 e. The molecule has 0 fully saturated rings. The zero-order valence-corrected chi connectivity index (χ0v) is 18.9. The van der Waals surface area contributed by atoms with Gasteiger partial charge < -0.3 is 25.8 Å². The summed E-state index contributed by atoms with van der Waals surface area (Å²) < 4.78 is 55.4. The molecule has 3 rings (SSSR count). The first-order chi connectivity index (χ1) is 16.5. The molecule has 0 aliphatic carbocycles. The van der Waals surface area contributed by atoms with E-state index in [0.717, 1.165) is 24.6 Å². The predicted molar refractivity (Wildman–Crippen MR) is 122 cm³/mol. The molecule has 0 unspecified atom stereocenters. The number of nitrogens with zero attached hydrogens (tertiary/aromatic N) is 1. The van der Waals surface area contributed by atoms with Gasteiger partial charge >= 0.3 is 6.36 Å². The van der Waals surface area contributed by atoms with E-state index in [2.05, 4.69) is 10.1 Å². The molecule has 1 aliphatic heterocycles. The molecule has 0 saturated carbocycles. The number of halogens is 4. The normalized spacial score (nSPS) is 18.6. The summed E-state index contributed by atoms with van der Waals surface area (Å²) in [6.07, 6.45) is -3.19. The smallest absolute Gasteiger partial charge is 0.403 e. The lowest BCUT2D eigenvalue weighted by molar-refractivity contribution is -0.275. The van der Waals surface area contributed by atoms with Crippen LogP contribution in [0.2, 0.25) is 0 Å². The standard InChI is InChI=1S/C24H24F4N4O3/c1-13(2)12-32-21(14(10-29)11-30)20(16-5-3-4-6-17(16)23(32)34)22(33)31-15-7-8-18(25)19(9-15)35-24(26,27)28/h3-11,13-14,20-21,29-30H,12H2,1-2H3,(H,31,33)/t14?,20-,21+/m0/s1. The molecule has 186 valence electrons. The Kier molecular flexibility index (Phi) is 7.57. The van der Waals surface area contributed by atoms with Crippen LogP contribution in [0.3, 0.4) is 0 Å². The van der Waals surface area contributed by atoms with Crippen LogP contribution in [0.15, 0.2) is 42.5 Å². The number of carbonyl (C=O) groups is 2. The number of ether oxygens (including phenoxy) is 1. The van der Waals surface area contributed by atoms with Crippen molar-refractivity contribution in [2.24, 2.45) is 11.8 Å². The van der Waals surface area contributed by atoms with Gasteiger partial charge in [-0.2, -0.15) is 0 Å². The van der Waals surface area contributed by atoms with Crippen molar-refractivity contribution >= 4 is 29.9 Å². The molecule has 35 heavy (non-hydrogen) atoms. The molecule has 2 amide bonds. The Morgan fingerprint density at radius 2 is 1.83 bits per heavy atom. The number of alkyl halides is 3. The summed E-state index contributed by atoms with van der Waals surface area (Å²) in [6, 6.07) is 8.04. The van der Waals surface area contributed by atoms with Gasteiger partial charge in [0.15, 0.2) is 11.6 Å². The minimum absolute atomic E-state index is 0.00622. The third-order valence-electron chi connectivity index (χ3n) is 5.54. The Hall–Kier alpha value is -3.76. The van der Waals surface area contributed by atoms with Crippen molar-refractivity contribution in [3.8, 4) is 5.75 Å². The average molecular weight is 492 g/mol. The summed E-state index contributed by atoms with van der Waals surface area (Å²) in [5.74, 6) is -5.37. The largest absolute Gasteiger partial charge is 0.573 e. The van der Waals surface area contributed by atoms with Gasteiger partial charge in [0.25, 0.3) is 5.91 Å². The lowest BCUT2D eigenvalue weighted by Crippen LogP contribution is -2.56. The van der Waals surface area contributed by atoms with Crippen LogP contribution in [-0.4, -0.2) is 48.1 Å². The minimum atomic E-state index is -5.13. The van der Waals surface area contributed by atoms with Crippen molar-refractivity contribution in [1.82, 2.24) is 4.90 Å². The Labute approximate surface area is 199 Å². The van der Waals surface area contributed by atoms with E-state index in [-0.39, 0.29) is 29.6 Å². The molecule has 1 heterocycles. The van der Waals surface area contributed by atoms with Gasteiger partial charge in [-0.3, -0.25) is 9.59 Å². The van der Waals surface area contributed by atoms with Gasteiger partial charge in [0.1, 0.15) is 0 Å². The summed E-state index contributed by atoms with van der Waals surface area (Å²) in [5.41, 5.74) is 0.487. The van der Waals surface area contributed by atoms with Crippen LogP contribution < -0.4 is 10.1 Å². The van der Waals surface area contributed by atoms with E-state index in [9.17, 15) is 27.2 Å². The molecule has 7 nitrogen and oxygen atoms in total. The van der Waals surface area contributed by atoms with Crippen LogP contribution in [0.4, 0.5) is 23.2 Å². The number of hydrogen-bond donors (Lipinski definition) is 3. The number of anilines is 1. The second-order valence-corrected chi connectivity index (χ2v) is 8.50. The number of rotatable bonds is 8. The highest BCUT2D eigenvalue weighted by molar-refractivity contribution is 6.05. The van der Waals surface area contributed by atoms with Crippen LogP contribution in [0.1, 0.15) is 35.7 Å². The summed E-state index contributed by atoms with van der Waals surface area (Å²) in [6.45, 7) is 4.01. The van der Waals surface area contributed by atoms with E-state index < -0.39 is 41.7 Å². The van der Waals surface area contributed by atoms with E-state index in [1.165, 1.54) is 4.90 Å². The number of fused-ring (bicyclic) bond motifs is 1. The first-order valence-corrected chi connectivity index (χ1v) is 10.7. The highest BCUT2D eigenvalue weighted by Crippen LogP contribution is 2.38. The van der Waals surface area contributed by atoms with Crippen LogP contribution in [0.25, 0.3) is 0 Å². The molecule has 0 radical (unpaired) electrons. The maximum Gasteiger partial charge on any atom is 0.573 e. The molecule has 2 atom stereocenters. The van der Waals surface area contributed by atoms with Gasteiger partial charge in [0, 0.05) is 42.2 Å². The van der Waals surface area contributed by atoms with Gasteiger partial charge in [0.2, 0.25) is 5.91 Å². The molecule has 0 saturated heterocycles. The fourth-order valence-corrected chi connectivity index (χ4v) is 4.19. The van der Waals surface area contributed by atoms with Crippen LogP contribution in [0, 0.1) is 28.5 Å². The first kappa shape index (κ1) is 25.9. The highest BCUT2D eigenvalue weighted by Gasteiger charge is 2.46. The van der Waals surface area contributed by atoms with Gasteiger partial charge in [-0.1, -0.05) is 32.0 Å². The summed E-state index contributed by atoms with van der Waals surface area (Å²) >= 11 is 0. The van der Waals surface area contributed by atoms with E-state index in [0.29, 0.717) is 11.6 Å². The number of nitrogens with one attached hydrogen (secondary N) is 3. The average Bonchev–Trinajstić information content (AvgIpc) is 2.78. The third kappa shape index (κ3) is 5.67. The molecular formula is C24H24F4N4O3. The maximum absolute atomic E-state index is 13.8. The molecule has 11 heteroatoms.